The minimum atomic E-state index is -0.858. The molecule has 4 N–H and O–H groups in total. The quantitative estimate of drug-likeness (QED) is 0.697. The summed E-state index contributed by atoms with van der Waals surface area (Å²) in [5.41, 5.74) is 5.91. The Morgan fingerprint density at radius 3 is 2.32 bits per heavy atom. The molecule has 0 spiro atoms. The van der Waals surface area contributed by atoms with Crippen LogP contribution < -0.4 is 25.8 Å². The summed E-state index contributed by atoms with van der Waals surface area (Å²) in [6.45, 7) is 4.20. The first-order chi connectivity index (χ1) is 10.4. The Kier molecular flexibility index (Phi) is 6.65. The number of carbonyl (C=O) groups excluding carboxylic acids is 2. The minimum absolute atomic E-state index is 0.000469. The fourth-order valence-electron chi connectivity index (χ4n) is 2.05. The topological polar surface area (TPSA) is 103 Å². The van der Waals surface area contributed by atoms with Gasteiger partial charge in [0.05, 0.1) is 20.3 Å². The number of hydrogen-bond acceptors (Lipinski definition) is 5. The number of benzene rings is 1. The number of primary amides is 1. The zero-order valence-corrected chi connectivity index (χ0v) is 13.3. The van der Waals surface area contributed by atoms with E-state index < -0.39 is 18.0 Å². The van der Waals surface area contributed by atoms with Gasteiger partial charge in [0.25, 0.3) is 0 Å². The molecule has 0 aliphatic rings. The molecule has 22 heavy (non-hydrogen) atoms. The minimum Gasteiger partial charge on any atom is -0.493 e. The predicted octanol–water partition coefficient (Wildman–Crippen LogP) is 1.01. The molecule has 1 aromatic rings. The van der Waals surface area contributed by atoms with Crippen LogP contribution in [0.1, 0.15) is 19.4 Å². The molecule has 0 aliphatic heterocycles. The molecule has 122 valence electrons. The van der Waals surface area contributed by atoms with Crippen LogP contribution >= 0.6 is 0 Å². The van der Waals surface area contributed by atoms with Gasteiger partial charge in [-0.2, -0.15) is 0 Å². The van der Waals surface area contributed by atoms with Gasteiger partial charge in [-0.15, -0.1) is 0 Å². The third kappa shape index (κ3) is 4.92. The van der Waals surface area contributed by atoms with Gasteiger partial charge in [-0.25, -0.2) is 4.79 Å². The smallest absolute Gasteiger partial charge is 0.318 e. The van der Waals surface area contributed by atoms with Crippen LogP contribution in [0.2, 0.25) is 0 Å². The Morgan fingerprint density at radius 1 is 1.18 bits per heavy atom. The summed E-state index contributed by atoms with van der Waals surface area (Å²) in [5, 5.41) is 5.21. The van der Waals surface area contributed by atoms with E-state index in [-0.39, 0.29) is 5.92 Å². The Morgan fingerprint density at radius 2 is 1.82 bits per heavy atom. The summed E-state index contributed by atoms with van der Waals surface area (Å²) < 4.78 is 10.4. The molecular weight excluding hydrogens is 286 g/mol. The Bertz CT molecular complexity index is 532. The fraction of sp³-hybridized carbons (Fsp3) is 0.467. The highest BCUT2D eigenvalue weighted by Crippen LogP contribution is 2.27. The maximum atomic E-state index is 11.9. The maximum absolute atomic E-state index is 11.9. The molecule has 7 nitrogen and oxygen atoms in total. The molecule has 1 aromatic carbocycles. The van der Waals surface area contributed by atoms with Crippen molar-refractivity contribution in [3.8, 4) is 11.5 Å². The lowest BCUT2D eigenvalue weighted by molar-refractivity contribution is -0.123. The molecule has 0 heterocycles. The number of ether oxygens (including phenoxy) is 2. The number of urea groups is 1. The number of hydrogen-bond donors (Lipinski definition) is 3. The number of imide groups is 1. The van der Waals surface area contributed by atoms with Crippen LogP contribution in [0.15, 0.2) is 18.2 Å². The predicted molar refractivity (Wildman–Crippen MR) is 82.7 cm³/mol. The molecule has 0 saturated heterocycles. The van der Waals surface area contributed by atoms with Crippen molar-refractivity contribution in [3.63, 3.8) is 0 Å². The summed E-state index contributed by atoms with van der Waals surface area (Å²) in [6, 6.07) is 4.11. The summed E-state index contributed by atoms with van der Waals surface area (Å²) in [4.78, 5) is 22.7. The van der Waals surface area contributed by atoms with Crippen molar-refractivity contribution < 1.29 is 19.1 Å². The van der Waals surface area contributed by atoms with Gasteiger partial charge >= 0.3 is 6.03 Å². The van der Waals surface area contributed by atoms with E-state index in [4.69, 9.17) is 15.2 Å². The molecule has 0 aromatic heterocycles. The SMILES string of the molecule is COc1ccc(CNC(C(=O)NC(N)=O)C(C)C)cc1OC. The standard InChI is InChI=1S/C15H23N3O4/c1-9(2)13(14(19)18-15(16)20)17-8-10-5-6-11(21-3)12(7-10)22-4/h5-7,9,13,17H,8H2,1-4H3,(H3,16,18,19,20). The van der Waals surface area contributed by atoms with Gasteiger partial charge in [-0.05, 0) is 23.6 Å². The number of carbonyl (C=O) groups is 2. The highest BCUT2D eigenvalue weighted by Gasteiger charge is 2.22. The van der Waals surface area contributed by atoms with Gasteiger partial charge in [0.1, 0.15) is 0 Å². The first-order valence-electron chi connectivity index (χ1n) is 6.93. The highest BCUT2D eigenvalue weighted by molar-refractivity contribution is 5.96. The van der Waals surface area contributed by atoms with Crippen molar-refractivity contribution in [2.75, 3.05) is 14.2 Å². The molecule has 1 atom stereocenters. The van der Waals surface area contributed by atoms with Crippen molar-refractivity contribution in [1.29, 1.82) is 0 Å². The van der Waals surface area contributed by atoms with E-state index in [9.17, 15) is 9.59 Å². The molecule has 0 bridgehead atoms. The fourth-order valence-corrected chi connectivity index (χ4v) is 2.05. The Labute approximate surface area is 130 Å². The molecular formula is C15H23N3O4. The summed E-state index contributed by atoms with van der Waals surface area (Å²) >= 11 is 0. The van der Waals surface area contributed by atoms with E-state index in [2.05, 4.69) is 10.6 Å². The number of methoxy groups -OCH3 is 2. The van der Waals surface area contributed by atoms with Gasteiger partial charge in [0.2, 0.25) is 5.91 Å². The lowest BCUT2D eigenvalue weighted by Crippen LogP contribution is -2.50. The molecule has 1 rings (SSSR count). The zero-order valence-electron chi connectivity index (χ0n) is 13.3. The van der Waals surface area contributed by atoms with E-state index >= 15 is 0 Å². The summed E-state index contributed by atoms with van der Waals surface area (Å²) in [7, 11) is 3.13. The van der Waals surface area contributed by atoms with Crippen LogP contribution in [-0.4, -0.2) is 32.2 Å². The van der Waals surface area contributed by atoms with Crippen molar-refractivity contribution in [2.24, 2.45) is 11.7 Å². The molecule has 3 amide bonds. The lowest BCUT2D eigenvalue weighted by atomic mass is 10.0. The van der Waals surface area contributed by atoms with E-state index in [1.54, 1.807) is 20.3 Å². The molecule has 1 unspecified atom stereocenters. The summed E-state index contributed by atoms with van der Waals surface area (Å²) in [5.74, 6) is 0.810. The second-order valence-corrected chi connectivity index (χ2v) is 5.15. The monoisotopic (exact) mass is 309 g/mol. The molecule has 7 heteroatoms. The van der Waals surface area contributed by atoms with Crippen LogP contribution in [0.3, 0.4) is 0 Å². The Hall–Kier alpha value is -2.28. The second kappa shape index (κ2) is 8.23. The number of rotatable bonds is 7. The van der Waals surface area contributed by atoms with Gasteiger partial charge < -0.3 is 20.5 Å². The number of amides is 3. The average Bonchev–Trinajstić information content (AvgIpc) is 2.46. The molecule has 0 radical (unpaired) electrons. The summed E-state index contributed by atoms with van der Waals surface area (Å²) in [6.07, 6.45) is 0. The number of nitrogens with one attached hydrogen (secondary N) is 2. The molecule has 0 saturated carbocycles. The van der Waals surface area contributed by atoms with E-state index in [1.165, 1.54) is 0 Å². The first kappa shape index (κ1) is 17.8. The third-order valence-corrected chi connectivity index (χ3v) is 3.17. The maximum Gasteiger partial charge on any atom is 0.318 e. The van der Waals surface area contributed by atoms with Gasteiger partial charge in [0, 0.05) is 6.54 Å². The van der Waals surface area contributed by atoms with Gasteiger partial charge in [-0.3, -0.25) is 10.1 Å². The first-order valence-corrected chi connectivity index (χ1v) is 6.93. The Balaban J connectivity index is 2.77. The van der Waals surface area contributed by atoms with E-state index in [1.807, 2.05) is 26.0 Å². The van der Waals surface area contributed by atoms with E-state index in [0.717, 1.165) is 5.56 Å². The van der Waals surface area contributed by atoms with Gasteiger partial charge in [-0.1, -0.05) is 19.9 Å². The normalized spacial score (nSPS) is 11.9. The van der Waals surface area contributed by atoms with Crippen LogP contribution in [-0.2, 0) is 11.3 Å². The van der Waals surface area contributed by atoms with Crippen molar-refractivity contribution >= 4 is 11.9 Å². The number of nitrogens with two attached hydrogens (primary N) is 1. The average molecular weight is 309 g/mol. The zero-order chi connectivity index (χ0) is 16.7. The van der Waals surface area contributed by atoms with Crippen LogP contribution in [0.4, 0.5) is 4.79 Å². The molecule has 0 aliphatic carbocycles. The molecule has 0 fully saturated rings. The van der Waals surface area contributed by atoms with Crippen molar-refractivity contribution in [3.05, 3.63) is 23.8 Å². The van der Waals surface area contributed by atoms with Crippen LogP contribution in [0.25, 0.3) is 0 Å². The largest absolute Gasteiger partial charge is 0.493 e. The lowest BCUT2D eigenvalue weighted by Gasteiger charge is -2.21. The van der Waals surface area contributed by atoms with Gasteiger partial charge in [0.15, 0.2) is 11.5 Å². The van der Waals surface area contributed by atoms with Crippen LogP contribution in [0, 0.1) is 5.92 Å². The second-order valence-electron chi connectivity index (χ2n) is 5.15. The van der Waals surface area contributed by atoms with Crippen molar-refractivity contribution in [2.45, 2.75) is 26.4 Å². The third-order valence-electron chi connectivity index (χ3n) is 3.17. The van der Waals surface area contributed by atoms with E-state index in [0.29, 0.717) is 18.0 Å². The van der Waals surface area contributed by atoms with Crippen LogP contribution in [0.5, 0.6) is 11.5 Å². The highest BCUT2D eigenvalue weighted by atomic mass is 16.5. The van der Waals surface area contributed by atoms with Crippen molar-refractivity contribution in [1.82, 2.24) is 10.6 Å².